The van der Waals surface area contributed by atoms with Crippen LogP contribution in [0.2, 0.25) is 0 Å². The highest BCUT2D eigenvalue weighted by Gasteiger charge is 2.43. The number of benzene rings is 1. The minimum Gasteiger partial charge on any atom is -0.386 e. The number of amides is 4. The smallest absolute Gasteiger partial charge is 0.245 e. The predicted molar refractivity (Wildman–Crippen MR) is 200 cm³/mol. The first-order chi connectivity index (χ1) is 24.0. The molecule has 1 aromatic rings. The zero-order valence-corrected chi connectivity index (χ0v) is 33.1. The summed E-state index contributed by atoms with van der Waals surface area (Å²) in [5, 5.41) is 19.8. The van der Waals surface area contributed by atoms with E-state index in [4.69, 9.17) is 9.47 Å². The molecule has 4 amide bonds. The summed E-state index contributed by atoms with van der Waals surface area (Å²) >= 11 is 0. The van der Waals surface area contributed by atoms with Crippen molar-refractivity contribution in [1.82, 2.24) is 25.8 Å². The molecule has 0 spiro atoms. The fraction of sp³-hybridized carbons (Fsp3) is 0.744. The lowest BCUT2D eigenvalue weighted by atomic mass is 9.89. The van der Waals surface area contributed by atoms with Gasteiger partial charge in [-0.15, -0.1) is 0 Å². The predicted octanol–water partition coefficient (Wildman–Crippen LogP) is 3.53. The molecular formula is C39H67N5O7. The maximum atomic E-state index is 14.1. The molecule has 10 atom stereocenters. The van der Waals surface area contributed by atoms with E-state index in [0.29, 0.717) is 18.5 Å². The van der Waals surface area contributed by atoms with E-state index >= 15 is 0 Å². The third-order valence-electron chi connectivity index (χ3n) is 10.7. The minimum absolute atomic E-state index is 0.0148. The van der Waals surface area contributed by atoms with Crippen LogP contribution < -0.4 is 16.0 Å². The van der Waals surface area contributed by atoms with E-state index in [1.807, 2.05) is 71.9 Å². The van der Waals surface area contributed by atoms with Crippen molar-refractivity contribution in [3.05, 3.63) is 35.9 Å². The molecule has 1 aliphatic rings. The van der Waals surface area contributed by atoms with Crippen LogP contribution in [0.3, 0.4) is 0 Å². The van der Waals surface area contributed by atoms with Gasteiger partial charge in [0.05, 0.1) is 54.8 Å². The Labute approximate surface area is 306 Å². The molecule has 0 aromatic heterocycles. The number of methoxy groups -OCH3 is 2. The van der Waals surface area contributed by atoms with Crippen LogP contribution in [-0.4, -0.2) is 116 Å². The quantitative estimate of drug-likeness (QED) is 0.160. The first kappa shape index (κ1) is 44.1. The van der Waals surface area contributed by atoms with Crippen molar-refractivity contribution in [2.24, 2.45) is 23.7 Å². The summed E-state index contributed by atoms with van der Waals surface area (Å²) in [6, 6.07) is 6.67. The summed E-state index contributed by atoms with van der Waals surface area (Å²) in [7, 11) is 6.57. The zero-order chi connectivity index (χ0) is 38.6. The van der Waals surface area contributed by atoms with Gasteiger partial charge < -0.3 is 40.3 Å². The minimum atomic E-state index is -0.875. The maximum Gasteiger partial charge on any atom is 0.245 e. The van der Waals surface area contributed by atoms with Crippen molar-refractivity contribution in [1.29, 1.82) is 0 Å². The molecular weight excluding hydrogens is 650 g/mol. The van der Waals surface area contributed by atoms with Gasteiger partial charge in [-0.05, 0) is 50.1 Å². The molecule has 3 unspecified atom stereocenters. The number of rotatable bonds is 20. The van der Waals surface area contributed by atoms with Crippen molar-refractivity contribution in [3.8, 4) is 0 Å². The Bertz CT molecular complexity index is 1250. The largest absolute Gasteiger partial charge is 0.386 e. The van der Waals surface area contributed by atoms with Crippen LogP contribution >= 0.6 is 0 Å². The number of carbonyl (C=O) groups is 4. The summed E-state index contributed by atoms with van der Waals surface area (Å²) in [5.41, 5.74) is 0.711. The van der Waals surface area contributed by atoms with Crippen LogP contribution in [0.5, 0.6) is 0 Å². The molecule has 0 saturated carbocycles. The van der Waals surface area contributed by atoms with Gasteiger partial charge in [0.2, 0.25) is 23.6 Å². The second-order valence-electron chi connectivity index (χ2n) is 15.0. The normalized spacial score (nSPS) is 20.1. The molecule has 1 fully saturated rings. The van der Waals surface area contributed by atoms with Gasteiger partial charge in [-0.2, -0.15) is 0 Å². The SMILES string of the molecule is CC[C@H](C)[C@@H](C(CC(=O)N1CCC[C@H]1[C@H](OC)[C@@H](C)C(=O)N[C@H](C)[C@@H](O)c1ccccc1)OC)N(C)C(=O)C(NC(=O)C(NC)C(C)C)C(C)C. The van der Waals surface area contributed by atoms with Gasteiger partial charge in [-0.25, -0.2) is 0 Å². The van der Waals surface area contributed by atoms with E-state index < -0.39 is 48.4 Å². The Kier molecular flexibility index (Phi) is 18.0. The Hall–Kier alpha value is -3.06. The Morgan fingerprint density at radius 3 is 2.04 bits per heavy atom. The lowest BCUT2D eigenvalue weighted by molar-refractivity contribution is -0.148. The Balaban J connectivity index is 2.24. The molecule has 12 heteroatoms. The van der Waals surface area contributed by atoms with Crippen LogP contribution in [0.4, 0.5) is 0 Å². The van der Waals surface area contributed by atoms with Crippen molar-refractivity contribution in [2.45, 2.75) is 130 Å². The van der Waals surface area contributed by atoms with E-state index in [0.717, 1.165) is 12.8 Å². The van der Waals surface area contributed by atoms with Gasteiger partial charge in [-0.3, -0.25) is 19.2 Å². The Morgan fingerprint density at radius 1 is 0.922 bits per heavy atom. The van der Waals surface area contributed by atoms with Gasteiger partial charge in [0.15, 0.2) is 0 Å². The second-order valence-corrected chi connectivity index (χ2v) is 15.0. The Morgan fingerprint density at radius 2 is 1.53 bits per heavy atom. The van der Waals surface area contributed by atoms with Gasteiger partial charge in [-0.1, -0.05) is 85.2 Å². The number of nitrogens with one attached hydrogen (secondary N) is 3. The number of hydrogen-bond donors (Lipinski definition) is 4. The number of likely N-dealkylation sites (N-methyl/N-ethyl adjacent to an activating group) is 2. The van der Waals surface area contributed by atoms with E-state index in [1.165, 1.54) is 0 Å². The molecule has 1 aliphatic heterocycles. The summed E-state index contributed by atoms with van der Waals surface area (Å²) in [5.74, 6) is -1.62. The van der Waals surface area contributed by atoms with Gasteiger partial charge in [0.25, 0.3) is 0 Å². The summed E-state index contributed by atoms with van der Waals surface area (Å²) in [6.45, 7) is 15.9. The first-order valence-electron chi connectivity index (χ1n) is 18.7. The van der Waals surface area contributed by atoms with Crippen molar-refractivity contribution in [3.63, 3.8) is 0 Å². The summed E-state index contributed by atoms with van der Waals surface area (Å²) in [4.78, 5) is 58.3. The lowest BCUT2D eigenvalue weighted by Crippen LogP contribution is -2.59. The number of nitrogens with zero attached hydrogens (tertiary/aromatic N) is 2. The molecule has 51 heavy (non-hydrogen) atoms. The molecule has 1 saturated heterocycles. The van der Waals surface area contributed by atoms with E-state index in [1.54, 1.807) is 52.0 Å². The number of ether oxygens (including phenoxy) is 2. The van der Waals surface area contributed by atoms with Gasteiger partial charge in [0, 0.05) is 27.8 Å². The second kappa shape index (κ2) is 20.8. The topological polar surface area (TPSA) is 150 Å². The molecule has 1 heterocycles. The average Bonchev–Trinajstić information content (AvgIpc) is 3.59. The first-order valence-corrected chi connectivity index (χ1v) is 18.7. The highest BCUT2D eigenvalue weighted by molar-refractivity contribution is 5.90. The number of aliphatic hydroxyl groups excluding tert-OH is 1. The van der Waals surface area contributed by atoms with Crippen LogP contribution in [0, 0.1) is 23.7 Å². The molecule has 2 rings (SSSR count). The highest BCUT2D eigenvalue weighted by atomic mass is 16.5. The van der Waals surface area contributed by atoms with E-state index in [9.17, 15) is 24.3 Å². The molecule has 1 aromatic carbocycles. The zero-order valence-electron chi connectivity index (χ0n) is 33.1. The molecule has 12 nitrogen and oxygen atoms in total. The van der Waals surface area contributed by atoms with Gasteiger partial charge >= 0.3 is 0 Å². The number of hydrogen-bond acceptors (Lipinski definition) is 8. The molecule has 0 aliphatic carbocycles. The van der Waals surface area contributed by atoms with Crippen molar-refractivity contribution < 1.29 is 33.8 Å². The monoisotopic (exact) mass is 718 g/mol. The maximum absolute atomic E-state index is 14.1. The molecule has 290 valence electrons. The van der Waals surface area contributed by atoms with Crippen molar-refractivity contribution in [2.75, 3.05) is 34.9 Å². The van der Waals surface area contributed by atoms with Gasteiger partial charge in [0.1, 0.15) is 6.04 Å². The number of likely N-dealkylation sites (tertiary alicyclic amines) is 1. The summed E-state index contributed by atoms with van der Waals surface area (Å²) < 4.78 is 11.9. The van der Waals surface area contributed by atoms with Crippen LogP contribution in [0.15, 0.2) is 30.3 Å². The number of carbonyl (C=O) groups excluding carboxylic acids is 4. The van der Waals surface area contributed by atoms with Crippen LogP contribution in [0.1, 0.15) is 92.7 Å². The molecule has 0 radical (unpaired) electrons. The van der Waals surface area contributed by atoms with Crippen LogP contribution in [0.25, 0.3) is 0 Å². The highest BCUT2D eigenvalue weighted by Crippen LogP contribution is 2.30. The fourth-order valence-corrected chi connectivity index (χ4v) is 7.42. The van der Waals surface area contributed by atoms with Crippen molar-refractivity contribution >= 4 is 23.6 Å². The van der Waals surface area contributed by atoms with E-state index in [2.05, 4.69) is 16.0 Å². The third-order valence-corrected chi connectivity index (χ3v) is 10.7. The fourth-order valence-electron chi connectivity index (χ4n) is 7.42. The standard InChI is InChI=1S/C39H67N5O7/c1-13-25(6)34(43(10)39(49)33(24(4)5)42-38(48)32(40-9)23(2)3)30(50-11)22-31(45)44-21-17-20-29(44)36(51-12)26(7)37(47)41-27(8)35(46)28-18-15-14-16-19-28/h14-16,18-19,23-27,29-30,32-36,40,46H,13,17,20-22H2,1-12H3,(H,41,47)(H,42,48)/t25-,26+,27+,29-,30?,32?,33?,34-,35+,36+/m0/s1. The summed E-state index contributed by atoms with van der Waals surface area (Å²) in [6.07, 6.45) is 0.147. The molecule has 4 N–H and O–H groups in total. The average molecular weight is 718 g/mol. The van der Waals surface area contributed by atoms with E-state index in [-0.39, 0.29) is 53.8 Å². The third kappa shape index (κ3) is 11.5. The number of aliphatic hydroxyl groups is 1. The lowest BCUT2D eigenvalue weighted by Gasteiger charge is -2.41. The molecule has 0 bridgehead atoms. The van der Waals surface area contributed by atoms with Crippen LogP contribution in [-0.2, 0) is 28.7 Å².